The first kappa shape index (κ1) is 23.7. The van der Waals surface area contributed by atoms with Crippen LogP contribution in [0.15, 0.2) is 101 Å². The Balaban J connectivity index is 1.47. The molecule has 0 bridgehead atoms. The van der Waals surface area contributed by atoms with Gasteiger partial charge in [-0.3, -0.25) is 4.79 Å². The van der Waals surface area contributed by atoms with Crippen molar-refractivity contribution < 1.29 is 17.9 Å². The second-order valence-corrected chi connectivity index (χ2v) is 9.25. The van der Waals surface area contributed by atoms with Crippen LogP contribution < -0.4 is 15.2 Å². The zero-order valence-corrected chi connectivity index (χ0v) is 19.3. The first-order chi connectivity index (χ1) is 16.8. The average Bonchev–Trinajstić information content (AvgIpc) is 2.86. The van der Waals surface area contributed by atoms with Crippen molar-refractivity contribution in [2.75, 3.05) is 5.32 Å². The number of carbonyl (C=O) groups excluding carboxylic acids is 1. The number of nitrogens with zero attached hydrogens (tertiary/aromatic N) is 1. The van der Waals surface area contributed by atoms with Gasteiger partial charge in [-0.1, -0.05) is 54.6 Å². The maximum atomic E-state index is 12.6. The molecule has 0 fully saturated rings. The highest BCUT2D eigenvalue weighted by atomic mass is 32.2. The summed E-state index contributed by atoms with van der Waals surface area (Å²) in [6.45, 7) is 0.370. The summed E-state index contributed by atoms with van der Waals surface area (Å²) in [6, 6.07) is 28.5. The van der Waals surface area contributed by atoms with Crippen LogP contribution in [0.2, 0.25) is 0 Å². The fourth-order valence-electron chi connectivity index (χ4n) is 3.52. The lowest BCUT2D eigenvalue weighted by atomic mass is 10.1. The molecule has 0 heterocycles. The number of benzene rings is 4. The number of anilines is 1. The third-order valence-corrected chi connectivity index (χ3v) is 6.18. The molecule has 0 spiro atoms. The van der Waals surface area contributed by atoms with Gasteiger partial charge in [-0.2, -0.15) is 5.26 Å². The standard InChI is InChI=1S/C27H21N3O4S/c28-17-22(27(31)30-23-11-13-25(14-12-23)35(29,32)33)15-19-5-3-9-24(16-19)34-18-21-8-4-7-20-6-1-2-10-26(20)21/h1-16H,18H2,(H,30,31)(H2,29,32,33)/b22-15+. The van der Waals surface area contributed by atoms with Gasteiger partial charge in [-0.25, -0.2) is 13.6 Å². The topological polar surface area (TPSA) is 122 Å². The van der Waals surface area contributed by atoms with Crippen LogP contribution in [0.3, 0.4) is 0 Å². The smallest absolute Gasteiger partial charge is 0.266 e. The minimum absolute atomic E-state index is 0.0770. The van der Waals surface area contributed by atoms with Crippen LogP contribution in [-0.2, 0) is 21.4 Å². The predicted octanol–water partition coefficient (Wildman–Crippen LogP) is 4.61. The summed E-state index contributed by atoms with van der Waals surface area (Å²) >= 11 is 0. The van der Waals surface area contributed by atoms with E-state index < -0.39 is 15.9 Å². The molecule has 0 aliphatic rings. The van der Waals surface area contributed by atoms with Gasteiger partial charge in [-0.15, -0.1) is 0 Å². The molecule has 4 rings (SSSR count). The molecule has 0 saturated carbocycles. The summed E-state index contributed by atoms with van der Waals surface area (Å²) in [5, 5.41) is 19.4. The van der Waals surface area contributed by atoms with Crippen LogP contribution in [0.5, 0.6) is 5.75 Å². The lowest BCUT2D eigenvalue weighted by Crippen LogP contribution is -2.14. The largest absolute Gasteiger partial charge is 0.489 e. The normalized spacial score (nSPS) is 11.6. The Labute approximate surface area is 203 Å². The van der Waals surface area contributed by atoms with Crippen molar-refractivity contribution in [1.29, 1.82) is 5.26 Å². The first-order valence-electron chi connectivity index (χ1n) is 10.6. The monoisotopic (exact) mass is 483 g/mol. The highest BCUT2D eigenvalue weighted by Crippen LogP contribution is 2.22. The second-order valence-electron chi connectivity index (χ2n) is 7.69. The highest BCUT2D eigenvalue weighted by Gasteiger charge is 2.12. The number of ether oxygens (including phenoxy) is 1. The zero-order valence-electron chi connectivity index (χ0n) is 18.5. The van der Waals surface area contributed by atoms with E-state index in [1.165, 1.54) is 30.3 Å². The summed E-state index contributed by atoms with van der Waals surface area (Å²) in [5.41, 5.74) is 1.88. The van der Waals surface area contributed by atoms with E-state index >= 15 is 0 Å². The van der Waals surface area contributed by atoms with Gasteiger partial charge >= 0.3 is 0 Å². The minimum Gasteiger partial charge on any atom is -0.489 e. The van der Waals surface area contributed by atoms with Gasteiger partial charge in [0.25, 0.3) is 5.91 Å². The van der Waals surface area contributed by atoms with Gasteiger partial charge in [-0.05, 0) is 64.4 Å². The van der Waals surface area contributed by atoms with E-state index in [0.717, 1.165) is 16.3 Å². The number of nitrogens with two attached hydrogens (primary N) is 1. The molecule has 1 amide bonds. The summed E-state index contributed by atoms with van der Waals surface area (Å²) in [7, 11) is -3.84. The molecular formula is C27H21N3O4S. The van der Waals surface area contributed by atoms with Crippen LogP contribution in [0.4, 0.5) is 5.69 Å². The molecule has 0 aliphatic heterocycles. The van der Waals surface area contributed by atoms with Crippen molar-refractivity contribution in [3.8, 4) is 11.8 Å². The van der Waals surface area contributed by atoms with Gasteiger partial charge in [0, 0.05) is 5.69 Å². The number of nitriles is 1. The second kappa shape index (κ2) is 10.2. The number of carbonyl (C=O) groups is 1. The van der Waals surface area contributed by atoms with E-state index in [0.29, 0.717) is 23.6 Å². The molecule has 0 atom stereocenters. The van der Waals surface area contributed by atoms with Crippen molar-refractivity contribution in [1.82, 2.24) is 0 Å². The van der Waals surface area contributed by atoms with Gasteiger partial charge in [0.05, 0.1) is 4.90 Å². The van der Waals surface area contributed by atoms with Crippen molar-refractivity contribution >= 4 is 38.5 Å². The van der Waals surface area contributed by atoms with Crippen molar-refractivity contribution in [2.24, 2.45) is 5.14 Å². The summed E-state index contributed by atoms with van der Waals surface area (Å²) in [4.78, 5) is 12.5. The van der Waals surface area contributed by atoms with E-state index in [1.807, 2.05) is 54.6 Å². The van der Waals surface area contributed by atoms with Gasteiger partial charge < -0.3 is 10.1 Å². The lowest BCUT2D eigenvalue weighted by Gasteiger charge is -2.10. The molecular weight excluding hydrogens is 462 g/mol. The van der Waals surface area contributed by atoms with E-state index in [1.54, 1.807) is 18.2 Å². The van der Waals surface area contributed by atoms with Crippen molar-refractivity contribution in [3.05, 3.63) is 108 Å². The number of hydrogen-bond donors (Lipinski definition) is 2. The number of rotatable bonds is 7. The Kier molecular flexibility index (Phi) is 6.92. The summed E-state index contributed by atoms with van der Waals surface area (Å²) in [5.74, 6) is -0.0269. The first-order valence-corrected chi connectivity index (χ1v) is 12.1. The van der Waals surface area contributed by atoms with Crippen LogP contribution in [0.1, 0.15) is 11.1 Å². The van der Waals surface area contributed by atoms with Gasteiger partial charge in [0.15, 0.2) is 0 Å². The highest BCUT2D eigenvalue weighted by molar-refractivity contribution is 7.89. The summed E-state index contributed by atoms with van der Waals surface area (Å²) in [6.07, 6.45) is 1.46. The van der Waals surface area contributed by atoms with Crippen LogP contribution in [-0.4, -0.2) is 14.3 Å². The maximum absolute atomic E-state index is 12.6. The fourth-order valence-corrected chi connectivity index (χ4v) is 4.03. The Bertz CT molecular complexity index is 1570. The summed E-state index contributed by atoms with van der Waals surface area (Å²) < 4.78 is 28.7. The lowest BCUT2D eigenvalue weighted by molar-refractivity contribution is -0.112. The van der Waals surface area contributed by atoms with Crippen LogP contribution >= 0.6 is 0 Å². The third-order valence-electron chi connectivity index (χ3n) is 5.25. The van der Waals surface area contributed by atoms with Crippen LogP contribution in [0, 0.1) is 11.3 Å². The van der Waals surface area contributed by atoms with Gasteiger partial charge in [0.1, 0.15) is 24.0 Å². The maximum Gasteiger partial charge on any atom is 0.266 e. The molecule has 0 aromatic heterocycles. The molecule has 8 heteroatoms. The number of sulfonamides is 1. The predicted molar refractivity (Wildman–Crippen MR) is 135 cm³/mol. The molecule has 0 unspecified atom stereocenters. The third kappa shape index (κ3) is 5.92. The Hall–Kier alpha value is -4.45. The van der Waals surface area contributed by atoms with Gasteiger partial charge in [0.2, 0.25) is 10.0 Å². The average molecular weight is 484 g/mol. The fraction of sp³-hybridized carbons (Fsp3) is 0.0370. The zero-order chi connectivity index (χ0) is 24.8. The Morgan fingerprint density at radius 1 is 0.971 bits per heavy atom. The van der Waals surface area contributed by atoms with E-state index in [-0.39, 0.29) is 10.5 Å². The molecule has 0 saturated heterocycles. The molecule has 35 heavy (non-hydrogen) atoms. The number of fused-ring (bicyclic) bond motifs is 1. The Morgan fingerprint density at radius 3 is 2.43 bits per heavy atom. The molecule has 0 radical (unpaired) electrons. The molecule has 0 aliphatic carbocycles. The molecule has 7 nitrogen and oxygen atoms in total. The molecule has 3 N–H and O–H groups in total. The van der Waals surface area contributed by atoms with E-state index in [2.05, 4.69) is 5.32 Å². The number of primary sulfonamides is 1. The van der Waals surface area contributed by atoms with Crippen molar-refractivity contribution in [2.45, 2.75) is 11.5 Å². The SMILES string of the molecule is N#C/C(=C\c1cccc(OCc2cccc3ccccc23)c1)C(=O)Nc1ccc(S(N)(=O)=O)cc1. The molecule has 174 valence electrons. The van der Waals surface area contributed by atoms with Crippen LogP contribution in [0.25, 0.3) is 16.8 Å². The van der Waals surface area contributed by atoms with E-state index in [4.69, 9.17) is 9.88 Å². The number of hydrogen-bond acceptors (Lipinski definition) is 5. The minimum atomic E-state index is -3.84. The van der Waals surface area contributed by atoms with Crippen molar-refractivity contribution in [3.63, 3.8) is 0 Å². The number of nitrogens with one attached hydrogen (secondary N) is 1. The number of amides is 1. The molecule has 4 aromatic carbocycles. The van der Waals surface area contributed by atoms with E-state index in [9.17, 15) is 18.5 Å². The Morgan fingerprint density at radius 2 is 1.69 bits per heavy atom. The quantitative estimate of drug-likeness (QED) is 0.294. The molecule has 4 aromatic rings.